The molecule has 3 aliphatic carbocycles. The van der Waals surface area contributed by atoms with Crippen molar-refractivity contribution < 1.29 is 34.8 Å². The van der Waals surface area contributed by atoms with E-state index in [1.54, 1.807) is 14.1 Å². The molecular formula is C28H37N3O7. The Bertz CT molecular complexity index is 1290. The normalized spacial score (nSPS) is 27.0. The number of benzene rings is 1. The topological polar surface area (TPSA) is 165 Å². The van der Waals surface area contributed by atoms with Crippen molar-refractivity contribution in [2.75, 3.05) is 33.1 Å². The standard InChI is InChI=1S/C28H37N3O7/c1-12(2)7-8-13-11-17(30(3)4)15-9-14-10-16-21(31(5)6)24(34)20(27(29)37)26(36)28(16,38)25(35)18(14)23(33)19(15)22(13)32/h11-12,14,16,21,32-33,36,38H,7-10H2,1-6H3,(H2,29,37)/t14-,16-,21-,28-/m0/s1. The number of Topliss-reactive ketones (excluding diaryl/α,β-unsaturated/α-hetero) is 2. The fourth-order valence-electron chi connectivity index (χ4n) is 6.38. The summed E-state index contributed by atoms with van der Waals surface area (Å²) in [5, 5.41) is 45.5. The Hall–Kier alpha value is -3.37. The van der Waals surface area contributed by atoms with Crippen molar-refractivity contribution in [1.82, 2.24) is 4.90 Å². The predicted molar refractivity (Wildman–Crippen MR) is 142 cm³/mol. The molecule has 1 aromatic carbocycles. The van der Waals surface area contributed by atoms with Gasteiger partial charge in [-0.1, -0.05) is 13.8 Å². The summed E-state index contributed by atoms with van der Waals surface area (Å²) in [4.78, 5) is 42.7. The number of nitrogens with zero attached hydrogens (tertiary/aromatic N) is 2. The van der Waals surface area contributed by atoms with E-state index in [1.807, 2.05) is 25.1 Å². The lowest BCUT2D eigenvalue weighted by Gasteiger charge is -2.50. The Morgan fingerprint density at radius 1 is 1.16 bits per heavy atom. The number of amides is 1. The SMILES string of the molecule is CC(C)CCc1cc(N(C)C)c2c(c1O)C(O)=C1C(=O)[C@]3(O)C(O)=C(C(N)=O)C(=O)[C@@H](N(C)C)[C@@H]3C[C@@H]1C2. The molecule has 0 saturated heterocycles. The molecule has 10 nitrogen and oxygen atoms in total. The lowest BCUT2D eigenvalue weighted by atomic mass is 9.57. The van der Waals surface area contributed by atoms with Crippen LogP contribution in [0.25, 0.3) is 5.76 Å². The highest BCUT2D eigenvalue weighted by Gasteiger charge is 2.64. The molecule has 1 aromatic rings. The van der Waals surface area contributed by atoms with E-state index in [0.717, 1.165) is 12.1 Å². The Labute approximate surface area is 222 Å². The number of phenolic OH excluding ortho intramolecular Hbond substituents is 1. The first-order chi connectivity index (χ1) is 17.6. The van der Waals surface area contributed by atoms with E-state index in [2.05, 4.69) is 13.8 Å². The molecule has 0 spiro atoms. The molecule has 0 unspecified atom stereocenters. The van der Waals surface area contributed by atoms with Crippen molar-refractivity contribution in [2.24, 2.45) is 23.5 Å². The number of ketones is 2. The van der Waals surface area contributed by atoms with Gasteiger partial charge in [-0.2, -0.15) is 0 Å². The number of anilines is 1. The zero-order valence-electron chi connectivity index (χ0n) is 22.7. The summed E-state index contributed by atoms with van der Waals surface area (Å²) in [5.74, 6) is -6.02. The highest BCUT2D eigenvalue weighted by Crippen LogP contribution is 2.54. The summed E-state index contributed by atoms with van der Waals surface area (Å²) in [6, 6.07) is 0.795. The van der Waals surface area contributed by atoms with Crippen LogP contribution < -0.4 is 10.6 Å². The third kappa shape index (κ3) is 3.89. The van der Waals surface area contributed by atoms with Gasteiger partial charge in [-0.25, -0.2) is 0 Å². The van der Waals surface area contributed by atoms with Crippen molar-refractivity contribution in [2.45, 2.75) is 51.2 Å². The minimum atomic E-state index is -2.64. The summed E-state index contributed by atoms with van der Waals surface area (Å²) in [6.45, 7) is 4.14. The average molecular weight is 528 g/mol. The summed E-state index contributed by atoms with van der Waals surface area (Å²) in [7, 11) is 6.87. The fraction of sp³-hybridized carbons (Fsp3) is 0.536. The first-order valence-corrected chi connectivity index (χ1v) is 12.8. The second-order valence-electron chi connectivity index (χ2n) is 11.5. The maximum atomic E-state index is 14.0. The number of rotatable bonds is 6. The predicted octanol–water partition coefficient (Wildman–Crippen LogP) is 1.62. The minimum Gasteiger partial charge on any atom is -0.508 e. The number of nitrogens with two attached hydrogens (primary N) is 1. The Balaban J connectivity index is 1.97. The molecule has 1 saturated carbocycles. The number of hydrogen-bond acceptors (Lipinski definition) is 9. The number of aryl methyl sites for hydroxylation is 1. The Kier molecular flexibility index (Phi) is 6.86. The van der Waals surface area contributed by atoms with E-state index < -0.39 is 58.0 Å². The highest BCUT2D eigenvalue weighted by molar-refractivity contribution is 6.24. The molecule has 38 heavy (non-hydrogen) atoms. The number of aliphatic hydroxyl groups excluding tert-OH is 2. The summed E-state index contributed by atoms with van der Waals surface area (Å²) >= 11 is 0. The fourth-order valence-corrected chi connectivity index (χ4v) is 6.38. The second-order valence-corrected chi connectivity index (χ2v) is 11.5. The minimum absolute atomic E-state index is 0.0640. The molecule has 1 amide bonds. The molecule has 4 rings (SSSR count). The van der Waals surface area contributed by atoms with Crippen molar-refractivity contribution in [3.8, 4) is 5.75 Å². The van der Waals surface area contributed by atoms with Crippen molar-refractivity contribution in [1.29, 1.82) is 0 Å². The maximum Gasteiger partial charge on any atom is 0.255 e. The van der Waals surface area contributed by atoms with Crippen molar-refractivity contribution >= 4 is 28.9 Å². The third-order valence-electron chi connectivity index (χ3n) is 8.25. The number of fused-ring (bicyclic) bond motifs is 3. The van der Waals surface area contributed by atoms with Crippen LogP contribution in [0.2, 0.25) is 0 Å². The average Bonchev–Trinajstić information content (AvgIpc) is 2.80. The first-order valence-electron chi connectivity index (χ1n) is 12.8. The van der Waals surface area contributed by atoms with Gasteiger partial charge < -0.3 is 31.1 Å². The largest absolute Gasteiger partial charge is 0.508 e. The van der Waals surface area contributed by atoms with Gasteiger partial charge in [0, 0.05) is 31.3 Å². The number of carbonyl (C=O) groups is 3. The van der Waals surface area contributed by atoms with Crippen LogP contribution in [-0.2, 0) is 27.2 Å². The number of aromatic hydroxyl groups is 1. The Morgan fingerprint density at radius 2 is 1.79 bits per heavy atom. The van der Waals surface area contributed by atoms with Crippen LogP contribution in [0.4, 0.5) is 5.69 Å². The molecule has 3 aliphatic rings. The lowest BCUT2D eigenvalue weighted by Crippen LogP contribution is -2.65. The van der Waals surface area contributed by atoms with Gasteiger partial charge in [0.1, 0.15) is 22.8 Å². The van der Waals surface area contributed by atoms with Gasteiger partial charge >= 0.3 is 0 Å². The molecule has 0 heterocycles. The summed E-state index contributed by atoms with van der Waals surface area (Å²) in [6.07, 6.45) is 1.68. The van der Waals surface area contributed by atoms with E-state index in [-0.39, 0.29) is 29.7 Å². The van der Waals surface area contributed by atoms with E-state index in [4.69, 9.17) is 5.73 Å². The van der Waals surface area contributed by atoms with Crippen molar-refractivity contribution in [3.63, 3.8) is 0 Å². The zero-order valence-corrected chi connectivity index (χ0v) is 22.7. The molecule has 0 bridgehead atoms. The quantitative estimate of drug-likeness (QED) is 0.346. The third-order valence-corrected chi connectivity index (χ3v) is 8.25. The molecule has 0 radical (unpaired) electrons. The summed E-state index contributed by atoms with van der Waals surface area (Å²) < 4.78 is 0. The molecule has 0 aliphatic heterocycles. The van der Waals surface area contributed by atoms with Gasteiger partial charge in [0.15, 0.2) is 11.4 Å². The van der Waals surface area contributed by atoms with Gasteiger partial charge in [0.05, 0.1) is 11.6 Å². The van der Waals surface area contributed by atoms with E-state index >= 15 is 0 Å². The van der Waals surface area contributed by atoms with E-state index in [9.17, 15) is 34.8 Å². The van der Waals surface area contributed by atoms with Crippen LogP contribution in [0.1, 0.15) is 43.4 Å². The van der Waals surface area contributed by atoms with Crippen LogP contribution in [0.3, 0.4) is 0 Å². The molecule has 10 heteroatoms. The molecule has 1 fully saturated rings. The van der Waals surface area contributed by atoms with Gasteiger partial charge in [-0.15, -0.1) is 0 Å². The zero-order chi connectivity index (χ0) is 28.4. The van der Waals surface area contributed by atoms with Crippen LogP contribution in [0, 0.1) is 17.8 Å². The maximum absolute atomic E-state index is 14.0. The van der Waals surface area contributed by atoms with Gasteiger partial charge in [0.25, 0.3) is 5.91 Å². The monoisotopic (exact) mass is 527 g/mol. The first kappa shape index (κ1) is 27.7. The van der Waals surface area contributed by atoms with Crippen LogP contribution in [-0.4, -0.2) is 82.6 Å². The number of phenols is 1. The number of likely N-dealkylation sites (N-methyl/N-ethyl adjacent to an activating group) is 1. The molecule has 4 atom stereocenters. The van der Waals surface area contributed by atoms with Crippen LogP contribution in [0.5, 0.6) is 5.75 Å². The van der Waals surface area contributed by atoms with Crippen LogP contribution in [0.15, 0.2) is 23.0 Å². The van der Waals surface area contributed by atoms with E-state index in [1.165, 1.54) is 4.90 Å². The highest BCUT2D eigenvalue weighted by atomic mass is 16.3. The number of aliphatic hydroxyl groups is 3. The molecule has 6 N–H and O–H groups in total. The number of primary amides is 1. The van der Waals surface area contributed by atoms with E-state index in [0.29, 0.717) is 23.5 Å². The van der Waals surface area contributed by atoms with Gasteiger partial charge in [0.2, 0.25) is 5.78 Å². The molecule has 206 valence electrons. The van der Waals surface area contributed by atoms with Crippen molar-refractivity contribution in [3.05, 3.63) is 39.7 Å². The number of carbonyl (C=O) groups excluding carboxylic acids is 3. The lowest BCUT2D eigenvalue weighted by molar-refractivity contribution is -0.153. The second kappa shape index (κ2) is 9.43. The molecular weight excluding hydrogens is 490 g/mol. The summed E-state index contributed by atoms with van der Waals surface area (Å²) in [5.41, 5.74) is 3.98. The Morgan fingerprint density at radius 3 is 2.32 bits per heavy atom. The smallest absolute Gasteiger partial charge is 0.255 e. The number of hydrogen-bond donors (Lipinski definition) is 5. The van der Waals surface area contributed by atoms with Crippen LogP contribution >= 0.6 is 0 Å². The van der Waals surface area contributed by atoms with Gasteiger partial charge in [-0.3, -0.25) is 19.3 Å². The van der Waals surface area contributed by atoms with Gasteiger partial charge in [-0.05, 0) is 68.8 Å². The molecule has 0 aromatic heterocycles.